The summed E-state index contributed by atoms with van der Waals surface area (Å²) >= 11 is 6.43. The molecule has 0 heterocycles. The summed E-state index contributed by atoms with van der Waals surface area (Å²) in [5.74, 6) is -1.84. The largest absolute Gasteiger partial charge is 0.392 e. The lowest BCUT2D eigenvalue weighted by Crippen LogP contribution is -2.53. The zero-order chi connectivity index (χ0) is 41.8. The lowest BCUT2D eigenvalue weighted by Gasteiger charge is -2.26. The highest BCUT2D eigenvalue weighted by Crippen LogP contribution is 2.26. The van der Waals surface area contributed by atoms with Crippen LogP contribution in [0, 0.1) is 5.41 Å². The van der Waals surface area contributed by atoms with Crippen LogP contribution in [0.15, 0.2) is 72.8 Å². The molecule has 0 radical (unpaired) electrons. The predicted molar refractivity (Wildman–Crippen MR) is 226 cm³/mol. The summed E-state index contributed by atoms with van der Waals surface area (Å²) < 4.78 is 0. The van der Waals surface area contributed by atoms with E-state index in [-0.39, 0.29) is 55.4 Å². The highest BCUT2D eigenvalue weighted by molar-refractivity contribution is 6.31. The fourth-order valence-corrected chi connectivity index (χ4v) is 6.69. The molecule has 0 bridgehead atoms. The van der Waals surface area contributed by atoms with Gasteiger partial charge in [0.15, 0.2) is 0 Å². The summed E-state index contributed by atoms with van der Waals surface area (Å²) in [5, 5.41) is 27.2. The molecule has 3 aromatic rings. The van der Waals surface area contributed by atoms with Crippen molar-refractivity contribution in [1.29, 1.82) is 0 Å². The van der Waals surface area contributed by atoms with Crippen LogP contribution in [0.3, 0.4) is 0 Å². The van der Waals surface area contributed by atoms with E-state index in [4.69, 9.17) is 11.6 Å². The molecule has 7 N–H and O–H groups in total. The predicted octanol–water partition coefficient (Wildman–Crippen LogP) is 5.00. The third-order valence-electron chi connectivity index (χ3n) is 9.64. The van der Waals surface area contributed by atoms with E-state index in [1.165, 1.54) is 0 Å². The Morgan fingerprint density at radius 2 is 1.33 bits per heavy atom. The maximum atomic E-state index is 13.7. The molecule has 3 atom stereocenters. The van der Waals surface area contributed by atoms with Gasteiger partial charge in [-0.05, 0) is 85.6 Å². The highest BCUT2D eigenvalue weighted by Gasteiger charge is 2.28. The molecule has 0 saturated heterocycles. The van der Waals surface area contributed by atoms with Gasteiger partial charge in [-0.3, -0.25) is 24.0 Å². The molecule has 0 aliphatic carbocycles. The zero-order valence-corrected chi connectivity index (χ0v) is 34.8. The monoisotopic (exact) mass is 804 g/mol. The van der Waals surface area contributed by atoms with E-state index in [1.54, 1.807) is 73.7 Å². The van der Waals surface area contributed by atoms with E-state index in [1.807, 2.05) is 27.0 Å². The first-order valence-electron chi connectivity index (χ1n) is 19.9. The minimum absolute atomic E-state index is 0.0365. The van der Waals surface area contributed by atoms with Gasteiger partial charge in [-0.25, -0.2) is 0 Å². The number of anilines is 1. The number of carbonyl (C=O) groups excluding carboxylic acids is 5. The van der Waals surface area contributed by atoms with Crippen molar-refractivity contribution in [2.75, 3.05) is 25.5 Å². The summed E-state index contributed by atoms with van der Waals surface area (Å²) in [6.07, 6.45) is 5.14. The summed E-state index contributed by atoms with van der Waals surface area (Å²) in [4.78, 5) is 66.4. The molecule has 3 aromatic carbocycles. The fraction of sp³-hybridized carbons (Fsp3) is 0.477. The van der Waals surface area contributed by atoms with Crippen LogP contribution in [-0.2, 0) is 49.8 Å². The van der Waals surface area contributed by atoms with Gasteiger partial charge in [0.2, 0.25) is 29.5 Å². The number of rotatable bonds is 24. The van der Waals surface area contributed by atoms with Gasteiger partial charge in [0.1, 0.15) is 18.1 Å². The smallest absolute Gasteiger partial charge is 0.247 e. The first-order chi connectivity index (χ1) is 27.2. The number of halogens is 1. The van der Waals surface area contributed by atoms with Crippen molar-refractivity contribution in [2.45, 2.75) is 110 Å². The molecule has 12 nitrogen and oxygen atoms in total. The van der Waals surface area contributed by atoms with Gasteiger partial charge in [-0.15, -0.1) is 0 Å². The van der Waals surface area contributed by atoms with Crippen LogP contribution in [0.2, 0.25) is 5.02 Å². The van der Waals surface area contributed by atoms with E-state index in [9.17, 15) is 29.1 Å². The Morgan fingerprint density at radius 1 is 0.719 bits per heavy atom. The van der Waals surface area contributed by atoms with Crippen molar-refractivity contribution in [2.24, 2.45) is 5.41 Å². The highest BCUT2D eigenvalue weighted by atomic mass is 35.5. The first-order valence-corrected chi connectivity index (χ1v) is 20.2. The maximum absolute atomic E-state index is 13.7. The number of hydrogen-bond acceptors (Lipinski definition) is 7. The van der Waals surface area contributed by atoms with Crippen LogP contribution in [0.1, 0.15) is 88.5 Å². The Kier molecular flexibility index (Phi) is 19.7. The number of unbranched alkanes of at least 4 members (excludes halogenated alkanes) is 2. The Labute approximate surface area is 342 Å². The molecule has 0 aromatic heterocycles. The lowest BCUT2D eigenvalue weighted by molar-refractivity contribution is -0.132. The molecule has 310 valence electrons. The van der Waals surface area contributed by atoms with Crippen LogP contribution >= 0.6 is 11.6 Å². The maximum Gasteiger partial charge on any atom is 0.247 e. The lowest BCUT2D eigenvalue weighted by atomic mass is 9.84. The molecule has 0 spiro atoms. The second kappa shape index (κ2) is 24.1. The standard InChI is InChI=1S/C44H61ClN6O6/c1-6-22-44(3,4)28-40(54)51-37(42(56)48-30(2)41(55)47-24-11-7-10-23-46-5)25-31-18-20-35(21-19-31)49-43(57)38(27-34-12-8-9-13-36(34)45)50-39(53)26-32-14-16-33(29-52)17-15-32/h8-9,12-21,30,37-38,46,52H,6-7,10-11,22-29H2,1-5H3,(H,47,55)(H,48,56)(H,49,57)(H,50,53)(H,51,54)/t30-,37-,38?/m1/s1. The normalized spacial score (nSPS) is 12.8. The molecular weight excluding hydrogens is 744 g/mol. The quantitative estimate of drug-likeness (QED) is 0.0624. The Balaban J connectivity index is 1.72. The number of amides is 5. The number of carbonyl (C=O) groups is 5. The van der Waals surface area contributed by atoms with Crippen molar-refractivity contribution >= 4 is 46.8 Å². The summed E-state index contributed by atoms with van der Waals surface area (Å²) in [5.41, 5.74) is 3.08. The molecule has 57 heavy (non-hydrogen) atoms. The van der Waals surface area contributed by atoms with Crippen LogP contribution in [0.25, 0.3) is 0 Å². The third-order valence-corrected chi connectivity index (χ3v) is 10.0. The van der Waals surface area contributed by atoms with Crippen molar-refractivity contribution in [1.82, 2.24) is 26.6 Å². The second-order valence-corrected chi connectivity index (χ2v) is 15.8. The molecule has 3 rings (SSSR count). The van der Waals surface area contributed by atoms with Crippen LogP contribution in [0.5, 0.6) is 0 Å². The number of benzene rings is 3. The van der Waals surface area contributed by atoms with Gasteiger partial charge in [0, 0.05) is 36.5 Å². The van der Waals surface area contributed by atoms with Crippen LogP contribution in [-0.4, -0.2) is 72.9 Å². The van der Waals surface area contributed by atoms with Crippen molar-refractivity contribution < 1.29 is 29.1 Å². The van der Waals surface area contributed by atoms with Crippen molar-refractivity contribution in [3.63, 3.8) is 0 Å². The Hall–Kier alpha value is -4.78. The van der Waals surface area contributed by atoms with E-state index < -0.39 is 29.9 Å². The van der Waals surface area contributed by atoms with Gasteiger partial charge in [0.25, 0.3) is 0 Å². The summed E-state index contributed by atoms with van der Waals surface area (Å²) in [7, 11) is 1.90. The van der Waals surface area contributed by atoms with E-state index in [0.29, 0.717) is 28.4 Å². The minimum atomic E-state index is -0.956. The number of aliphatic hydroxyl groups is 1. The first kappa shape index (κ1) is 46.6. The summed E-state index contributed by atoms with van der Waals surface area (Å²) in [6.45, 7) is 9.03. The van der Waals surface area contributed by atoms with E-state index in [2.05, 4.69) is 38.8 Å². The Morgan fingerprint density at radius 3 is 1.98 bits per heavy atom. The van der Waals surface area contributed by atoms with E-state index in [0.717, 1.165) is 49.8 Å². The minimum Gasteiger partial charge on any atom is -0.392 e. The summed E-state index contributed by atoms with van der Waals surface area (Å²) in [6, 6.07) is 18.3. The van der Waals surface area contributed by atoms with E-state index >= 15 is 0 Å². The van der Waals surface area contributed by atoms with Gasteiger partial charge in [-0.1, -0.05) is 99.8 Å². The molecule has 5 amide bonds. The fourth-order valence-electron chi connectivity index (χ4n) is 6.48. The molecule has 0 aliphatic heterocycles. The molecular formula is C44H61ClN6O6. The van der Waals surface area contributed by atoms with Crippen molar-refractivity contribution in [3.05, 3.63) is 100 Å². The van der Waals surface area contributed by atoms with Crippen LogP contribution in [0.4, 0.5) is 5.69 Å². The number of aliphatic hydroxyl groups excluding tert-OH is 1. The average molecular weight is 805 g/mol. The average Bonchev–Trinajstić information content (AvgIpc) is 3.17. The zero-order valence-electron chi connectivity index (χ0n) is 34.0. The topological polar surface area (TPSA) is 178 Å². The molecule has 13 heteroatoms. The SMILES string of the molecule is CCCC(C)(C)CC(=O)N[C@H](Cc1ccc(NC(=O)C(Cc2ccccc2Cl)NC(=O)Cc2ccc(CO)cc2)cc1)C(=O)N[C@H](C)C(=O)NCCCCCNC. The van der Waals surface area contributed by atoms with Gasteiger partial charge in [0.05, 0.1) is 13.0 Å². The van der Waals surface area contributed by atoms with Gasteiger partial charge in [-0.2, -0.15) is 0 Å². The van der Waals surface area contributed by atoms with Gasteiger partial charge < -0.3 is 37.0 Å². The Bertz CT molecular complexity index is 1750. The molecule has 0 fully saturated rings. The third kappa shape index (κ3) is 17.1. The number of nitrogens with one attached hydrogen (secondary N) is 6. The molecule has 0 saturated carbocycles. The molecule has 0 aliphatic rings. The van der Waals surface area contributed by atoms with Gasteiger partial charge >= 0.3 is 0 Å². The van der Waals surface area contributed by atoms with Crippen molar-refractivity contribution in [3.8, 4) is 0 Å². The second-order valence-electron chi connectivity index (χ2n) is 15.4. The number of hydrogen-bond donors (Lipinski definition) is 7. The van der Waals surface area contributed by atoms with Crippen LogP contribution < -0.4 is 31.9 Å². The molecule has 1 unspecified atom stereocenters.